The average Bonchev–Trinajstić information content (AvgIpc) is 2.83. The van der Waals surface area contributed by atoms with E-state index in [0.717, 1.165) is 4.90 Å². The van der Waals surface area contributed by atoms with Crippen molar-refractivity contribution in [2.45, 2.75) is 37.0 Å². The number of carbonyl (C=O) groups is 2. The van der Waals surface area contributed by atoms with E-state index in [4.69, 9.17) is 48.8 Å². The van der Waals surface area contributed by atoms with Crippen LogP contribution in [0.2, 0.25) is 0 Å². The summed E-state index contributed by atoms with van der Waals surface area (Å²) in [4.78, 5) is 25.9. The number of alkyl halides is 3. The highest BCUT2D eigenvalue weighted by atomic mass is 79.9. The Hall–Kier alpha value is -0.700. The summed E-state index contributed by atoms with van der Waals surface area (Å²) in [5.74, 6) is -0.0726. The van der Waals surface area contributed by atoms with Gasteiger partial charge in [-0.1, -0.05) is 53.8 Å². The summed E-state index contributed by atoms with van der Waals surface area (Å²) in [6, 6.07) is -0.992. The molecule has 0 saturated carbocycles. The molecule has 0 fully saturated rings. The SMILES string of the molecule is COC(=O)C(CC(C)C)N(C(=O)OCC(Cl)(Cl)Cl)c1noc(C)c1Br. The van der Waals surface area contributed by atoms with E-state index >= 15 is 0 Å². The van der Waals surface area contributed by atoms with Gasteiger partial charge in [-0.15, -0.1) is 0 Å². The van der Waals surface area contributed by atoms with Crippen LogP contribution in [-0.4, -0.2) is 40.8 Å². The Kier molecular flexibility index (Phi) is 8.31. The Balaban J connectivity index is 3.27. The first-order valence-electron chi connectivity index (χ1n) is 7.20. The number of aryl methyl sites for hydroxylation is 1. The molecule has 0 aliphatic heterocycles. The fourth-order valence-electron chi connectivity index (χ4n) is 1.96. The number of esters is 1. The van der Waals surface area contributed by atoms with Crippen LogP contribution < -0.4 is 4.90 Å². The summed E-state index contributed by atoms with van der Waals surface area (Å²) in [5.41, 5.74) is 0. The Morgan fingerprint density at radius 2 is 1.96 bits per heavy atom. The minimum Gasteiger partial charge on any atom is -0.467 e. The Morgan fingerprint density at radius 3 is 2.36 bits per heavy atom. The average molecular weight is 481 g/mol. The van der Waals surface area contributed by atoms with Gasteiger partial charge >= 0.3 is 12.1 Å². The molecule has 1 aromatic rings. The molecule has 7 nitrogen and oxygen atoms in total. The third-order valence-corrected chi connectivity index (χ3v) is 4.28. The Morgan fingerprint density at radius 1 is 1.36 bits per heavy atom. The number of hydrogen-bond acceptors (Lipinski definition) is 6. The van der Waals surface area contributed by atoms with Crippen molar-refractivity contribution in [3.8, 4) is 0 Å². The predicted molar refractivity (Wildman–Crippen MR) is 98.3 cm³/mol. The van der Waals surface area contributed by atoms with Gasteiger partial charge in [-0.05, 0) is 35.2 Å². The smallest absolute Gasteiger partial charge is 0.416 e. The van der Waals surface area contributed by atoms with Crippen molar-refractivity contribution >= 4 is 68.6 Å². The van der Waals surface area contributed by atoms with E-state index in [2.05, 4.69) is 21.1 Å². The van der Waals surface area contributed by atoms with E-state index < -0.39 is 28.5 Å². The van der Waals surface area contributed by atoms with Crippen LogP contribution in [-0.2, 0) is 14.3 Å². The third-order valence-electron chi connectivity index (χ3n) is 3.04. The fraction of sp³-hybridized carbons (Fsp3) is 0.643. The highest BCUT2D eigenvalue weighted by molar-refractivity contribution is 9.10. The van der Waals surface area contributed by atoms with Gasteiger partial charge in [-0.2, -0.15) is 0 Å². The quantitative estimate of drug-likeness (QED) is 0.436. The number of rotatable bonds is 6. The number of nitrogens with zero attached hydrogens (tertiary/aromatic N) is 2. The number of hydrogen-bond donors (Lipinski definition) is 0. The van der Waals surface area contributed by atoms with Gasteiger partial charge in [0, 0.05) is 0 Å². The molecule has 142 valence electrons. The first kappa shape index (κ1) is 22.3. The maximum atomic E-state index is 12.6. The molecule has 0 spiro atoms. The lowest BCUT2D eigenvalue weighted by molar-refractivity contribution is -0.142. The Labute approximate surface area is 168 Å². The summed E-state index contributed by atoms with van der Waals surface area (Å²) in [7, 11) is 1.23. The van der Waals surface area contributed by atoms with Gasteiger partial charge in [0.1, 0.15) is 22.9 Å². The molecule has 0 aliphatic carbocycles. The molecule has 1 aromatic heterocycles. The first-order chi connectivity index (χ1) is 11.5. The molecule has 25 heavy (non-hydrogen) atoms. The number of amides is 1. The molecular formula is C14H18BrCl3N2O5. The monoisotopic (exact) mass is 478 g/mol. The van der Waals surface area contributed by atoms with Crippen molar-refractivity contribution in [2.24, 2.45) is 5.92 Å². The van der Waals surface area contributed by atoms with Crippen molar-refractivity contribution in [2.75, 3.05) is 18.6 Å². The molecule has 1 heterocycles. The molecule has 0 aromatic carbocycles. The molecule has 1 amide bonds. The van der Waals surface area contributed by atoms with E-state index in [9.17, 15) is 9.59 Å². The zero-order valence-corrected chi connectivity index (χ0v) is 17.9. The van der Waals surface area contributed by atoms with Crippen LogP contribution >= 0.6 is 50.7 Å². The van der Waals surface area contributed by atoms with E-state index in [0.29, 0.717) is 16.7 Å². The molecule has 1 rings (SSSR count). The normalized spacial score (nSPS) is 12.8. The number of aromatic nitrogens is 1. The zero-order valence-electron chi connectivity index (χ0n) is 14.0. The maximum absolute atomic E-state index is 12.6. The summed E-state index contributed by atoms with van der Waals surface area (Å²) in [5, 5.41) is 3.82. The van der Waals surface area contributed by atoms with Gasteiger partial charge in [0.2, 0.25) is 3.79 Å². The van der Waals surface area contributed by atoms with Crippen LogP contribution in [0.4, 0.5) is 10.6 Å². The molecule has 0 bridgehead atoms. The molecule has 0 radical (unpaired) electrons. The largest absolute Gasteiger partial charge is 0.467 e. The molecule has 1 unspecified atom stereocenters. The van der Waals surface area contributed by atoms with Crippen LogP contribution in [0, 0.1) is 12.8 Å². The minimum absolute atomic E-state index is 0.0688. The van der Waals surface area contributed by atoms with Crippen LogP contribution in [0.15, 0.2) is 9.00 Å². The zero-order chi connectivity index (χ0) is 19.4. The van der Waals surface area contributed by atoms with Crippen molar-refractivity contribution in [3.63, 3.8) is 0 Å². The highest BCUT2D eigenvalue weighted by Crippen LogP contribution is 2.33. The summed E-state index contributed by atoms with van der Waals surface area (Å²) >= 11 is 20.1. The van der Waals surface area contributed by atoms with E-state index in [-0.39, 0.29) is 11.7 Å². The molecule has 0 aliphatic rings. The number of anilines is 1. The van der Waals surface area contributed by atoms with E-state index in [1.165, 1.54) is 7.11 Å². The second-order valence-electron chi connectivity index (χ2n) is 5.58. The van der Waals surface area contributed by atoms with Gasteiger partial charge in [-0.25, -0.2) is 14.5 Å². The lowest BCUT2D eigenvalue weighted by atomic mass is 10.0. The van der Waals surface area contributed by atoms with Crippen LogP contribution in [0.25, 0.3) is 0 Å². The lowest BCUT2D eigenvalue weighted by Gasteiger charge is -2.29. The summed E-state index contributed by atoms with van der Waals surface area (Å²) < 4.78 is 13.5. The topological polar surface area (TPSA) is 81.9 Å². The van der Waals surface area contributed by atoms with Gasteiger partial charge in [0.25, 0.3) is 0 Å². The van der Waals surface area contributed by atoms with Gasteiger partial charge in [0.15, 0.2) is 5.82 Å². The molecular weight excluding hydrogens is 462 g/mol. The molecule has 0 saturated heterocycles. The van der Waals surface area contributed by atoms with E-state index in [1.54, 1.807) is 6.92 Å². The predicted octanol–water partition coefficient (Wildman–Crippen LogP) is 4.65. The first-order valence-corrected chi connectivity index (χ1v) is 9.13. The van der Waals surface area contributed by atoms with Crippen molar-refractivity contribution < 1.29 is 23.6 Å². The number of methoxy groups -OCH3 is 1. The second-order valence-corrected chi connectivity index (χ2v) is 8.89. The third kappa shape index (κ3) is 6.51. The van der Waals surface area contributed by atoms with Crippen molar-refractivity contribution in [1.82, 2.24) is 5.16 Å². The second kappa shape index (κ2) is 9.30. The highest BCUT2D eigenvalue weighted by Gasteiger charge is 2.38. The van der Waals surface area contributed by atoms with Crippen molar-refractivity contribution in [1.29, 1.82) is 0 Å². The van der Waals surface area contributed by atoms with Crippen LogP contribution in [0.1, 0.15) is 26.0 Å². The number of halogens is 4. The Bertz CT molecular complexity index is 618. The molecule has 1 atom stereocenters. The van der Waals surface area contributed by atoms with Gasteiger partial charge in [-0.3, -0.25) is 0 Å². The fourth-order valence-corrected chi connectivity index (χ4v) is 2.46. The van der Waals surface area contributed by atoms with Crippen LogP contribution in [0.3, 0.4) is 0 Å². The molecule has 0 N–H and O–H groups in total. The lowest BCUT2D eigenvalue weighted by Crippen LogP contribution is -2.47. The maximum Gasteiger partial charge on any atom is 0.416 e. The number of ether oxygens (including phenoxy) is 2. The van der Waals surface area contributed by atoms with Gasteiger partial charge in [0.05, 0.1) is 7.11 Å². The van der Waals surface area contributed by atoms with Crippen LogP contribution in [0.5, 0.6) is 0 Å². The van der Waals surface area contributed by atoms with Crippen molar-refractivity contribution in [3.05, 3.63) is 10.2 Å². The summed E-state index contributed by atoms with van der Waals surface area (Å²) in [6.45, 7) is 4.92. The minimum atomic E-state index is -1.79. The standard InChI is InChI=1S/C14H18BrCl3N2O5/c1-7(2)5-9(12(21)23-4)20(11-10(15)8(3)25-19-11)13(22)24-6-14(16,17)18/h7,9H,5-6H2,1-4H3. The summed E-state index contributed by atoms with van der Waals surface area (Å²) in [6.07, 6.45) is -0.621. The number of carbonyl (C=O) groups excluding carboxylic acids is 2. The van der Waals surface area contributed by atoms with Gasteiger partial charge < -0.3 is 14.0 Å². The molecule has 11 heteroatoms. The van der Waals surface area contributed by atoms with E-state index in [1.807, 2.05) is 13.8 Å².